The average Bonchev–Trinajstić information content (AvgIpc) is 2.63. The molecule has 0 radical (unpaired) electrons. The third-order valence-electron chi connectivity index (χ3n) is 2.46. The molecule has 0 fully saturated rings. The average molecular weight is 287 g/mol. The molecule has 90 valence electrons. The Morgan fingerprint density at radius 1 is 1.41 bits per heavy atom. The van der Waals surface area contributed by atoms with E-state index in [1.807, 2.05) is 18.4 Å². The van der Waals surface area contributed by atoms with Crippen LogP contribution in [0.25, 0.3) is 0 Å². The molecule has 0 aliphatic heterocycles. The van der Waals surface area contributed by atoms with Crippen molar-refractivity contribution in [1.82, 2.24) is 4.98 Å². The molecule has 0 saturated carbocycles. The number of rotatable bonds is 3. The fourth-order valence-electron chi connectivity index (χ4n) is 1.64. The summed E-state index contributed by atoms with van der Waals surface area (Å²) in [6, 6.07) is 5.23. The van der Waals surface area contributed by atoms with Crippen LogP contribution in [0, 0.1) is 6.92 Å². The normalized spacial score (nSPS) is 12.7. The molecule has 1 aromatic carbocycles. The zero-order chi connectivity index (χ0) is 12.4. The number of aryl methyl sites for hydroxylation is 1. The molecule has 1 aromatic heterocycles. The predicted molar refractivity (Wildman–Crippen MR) is 73.9 cm³/mol. The fraction of sp³-hybridized carbons (Fsp3) is 0.250. The minimum atomic E-state index is -0.152. The Kier molecular flexibility index (Phi) is 4.05. The lowest BCUT2D eigenvalue weighted by atomic mass is 10.0. The highest BCUT2D eigenvalue weighted by Gasteiger charge is 2.12. The van der Waals surface area contributed by atoms with Crippen molar-refractivity contribution in [2.24, 2.45) is 5.73 Å². The quantitative estimate of drug-likeness (QED) is 0.926. The highest BCUT2D eigenvalue weighted by atomic mass is 35.5. The second-order valence-corrected chi connectivity index (χ2v) is 5.74. The first kappa shape index (κ1) is 12.8. The molecule has 2 aromatic rings. The molecule has 0 saturated heterocycles. The van der Waals surface area contributed by atoms with Crippen LogP contribution in [-0.4, -0.2) is 4.98 Å². The van der Waals surface area contributed by atoms with Crippen molar-refractivity contribution < 1.29 is 0 Å². The van der Waals surface area contributed by atoms with Gasteiger partial charge in [-0.25, -0.2) is 4.98 Å². The molecule has 1 heterocycles. The molecule has 2 rings (SSSR count). The SMILES string of the molecule is Cc1nc(CC(N)c2ccc(Cl)cc2Cl)cs1. The van der Waals surface area contributed by atoms with E-state index in [9.17, 15) is 0 Å². The Morgan fingerprint density at radius 2 is 2.18 bits per heavy atom. The van der Waals surface area contributed by atoms with Crippen molar-refractivity contribution in [1.29, 1.82) is 0 Å². The van der Waals surface area contributed by atoms with Gasteiger partial charge in [0.15, 0.2) is 0 Å². The van der Waals surface area contributed by atoms with E-state index >= 15 is 0 Å². The molecule has 2 N–H and O–H groups in total. The fourth-order valence-corrected chi connectivity index (χ4v) is 2.81. The van der Waals surface area contributed by atoms with Gasteiger partial charge in [0, 0.05) is 27.9 Å². The van der Waals surface area contributed by atoms with Crippen LogP contribution in [0.15, 0.2) is 23.6 Å². The lowest BCUT2D eigenvalue weighted by Gasteiger charge is -2.12. The standard InChI is InChI=1S/C12H12Cl2N2S/c1-7-16-9(6-17-7)5-12(15)10-3-2-8(13)4-11(10)14/h2-4,6,12H,5,15H2,1H3. The molecular weight excluding hydrogens is 275 g/mol. The van der Waals surface area contributed by atoms with Gasteiger partial charge < -0.3 is 5.73 Å². The first-order valence-corrected chi connectivity index (χ1v) is 6.81. The maximum atomic E-state index is 6.12. The summed E-state index contributed by atoms with van der Waals surface area (Å²) >= 11 is 13.6. The zero-order valence-electron chi connectivity index (χ0n) is 9.28. The Balaban J connectivity index is 2.17. The summed E-state index contributed by atoms with van der Waals surface area (Å²) in [5, 5.41) is 4.31. The van der Waals surface area contributed by atoms with E-state index < -0.39 is 0 Å². The summed E-state index contributed by atoms with van der Waals surface area (Å²) in [4.78, 5) is 4.39. The number of nitrogens with two attached hydrogens (primary N) is 1. The third-order valence-corrected chi connectivity index (χ3v) is 3.84. The Morgan fingerprint density at radius 3 is 2.76 bits per heavy atom. The molecule has 0 aliphatic carbocycles. The Labute approximate surface area is 114 Å². The summed E-state index contributed by atoms with van der Waals surface area (Å²) in [5.41, 5.74) is 8.03. The van der Waals surface area contributed by atoms with Gasteiger partial charge in [0.05, 0.1) is 10.7 Å². The molecule has 0 spiro atoms. The van der Waals surface area contributed by atoms with Gasteiger partial charge in [0.2, 0.25) is 0 Å². The van der Waals surface area contributed by atoms with Crippen LogP contribution in [0.2, 0.25) is 10.0 Å². The van der Waals surface area contributed by atoms with Crippen LogP contribution in [0.4, 0.5) is 0 Å². The minimum absolute atomic E-state index is 0.152. The van der Waals surface area contributed by atoms with E-state index in [-0.39, 0.29) is 6.04 Å². The lowest BCUT2D eigenvalue weighted by Crippen LogP contribution is -2.14. The van der Waals surface area contributed by atoms with Crippen molar-refractivity contribution in [3.63, 3.8) is 0 Å². The number of halogens is 2. The van der Waals surface area contributed by atoms with E-state index in [1.54, 1.807) is 23.5 Å². The summed E-state index contributed by atoms with van der Waals surface area (Å²) in [6.45, 7) is 1.98. The van der Waals surface area contributed by atoms with Gasteiger partial charge in [-0.3, -0.25) is 0 Å². The van der Waals surface area contributed by atoms with Crippen molar-refractivity contribution in [2.75, 3.05) is 0 Å². The van der Waals surface area contributed by atoms with E-state index in [0.29, 0.717) is 16.5 Å². The van der Waals surface area contributed by atoms with E-state index in [2.05, 4.69) is 4.98 Å². The maximum absolute atomic E-state index is 6.12. The summed E-state index contributed by atoms with van der Waals surface area (Å²) < 4.78 is 0. The monoisotopic (exact) mass is 286 g/mol. The van der Waals surface area contributed by atoms with Crippen molar-refractivity contribution in [3.8, 4) is 0 Å². The van der Waals surface area contributed by atoms with Crippen molar-refractivity contribution >= 4 is 34.5 Å². The highest BCUT2D eigenvalue weighted by molar-refractivity contribution is 7.09. The molecular formula is C12H12Cl2N2S. The van der Waals surface area contributed by atoms with Crippen LogP contribution >= 0.6 is 34.5 Å². The molecule has 17 heavy (non-hydrogen) atoms. The summed E-state index contributed by atoms with van der Waals surface area (Å²) in [6.07, 6.45) is 0.686. The molecule has 1 atom stereocenters. The molecule has 2 nitrogen and oxygen atoms in total. The maximum Gasteiger partial charge on any atom is 0.0897 e. The van der Waals surface area contributed by atoms with Gasteiger partial charge in [-0.1, -0.05) is 29.3 Å². The van der Waals surface area contributed by atoms with Gasteiger partial charge in [-0.15, -0.1) is 11.3 Å². The van der Waals surface area contributed by atoms with E-state index in [4.69, 9.17) is 28.9 Å². The first-order valence-electron chi connectivity index (χ1n) is 5.18. The van der Waals surface area contributed by atoms with Gasteiger partial charge >= 0.3 is 0 Å². The number of aromatic nitrogens is 1. The van der Waals surface area contributed by atoms with Gasteiger partial charge in [-0.2, -0.15) is 0 Å². The molecule has 5 heteroatoms. The lowest BCUT2D eigenvalue weighted by molar-refractivity contribution is 0.709. The van der Waals surface area contributed by atoms with Crippen LogP contribution in [0.3, 0.4) is 0 Å². The Bertz CT molecular complexity index is 525. The number of thiazole rings is 1. The summed E-state index contributed by atoms with van der Waals surface area (Å²) in [7, 11) is 0. The zero-order valence-corrected chi connectivity index (χ0v) is 11.6. The van der Waals surface area contributed by atoms with Crippen molar-refractivity contribution in [3.05, 3.63) is 49.9 Å². The van der Waals surface area contributed by atoms with E-state index in [0.717, 1.165) is 16.3 Å². The first-order chi connectivity index (χ1) is 8.06. The van der Waals surface area contributed by atoms with Gasteiger partial charge in [0.1, 0.15) is 0 Å². The molecule has 0 amide bonds. The molecule has 0 aliphatic rings. The van der Waals surface area contributed by atoms with Crippen LogP contribution in [0.1, 0.15) is 22.3 Å². The minimum Gasteiger partial charge on any atom is -0.324 e. The third kappa shape index (κ3) is 3.19. The largest absolute Gasteiger partial charge is 0.324 e. The van der Waals surface area contributed by atoms with Gasteiger partial charge in [0.25, 0.3) is 0 Å². The highest BCUT2D eigenvalue weighted by Crippen LogP contribution is 2.27. The number of hydrogen-bond acceptors (Lipinski definition) is 3. The molecule has 0 bridgehead atoms. The second-order valence-electron chi connectivity index (χ2n) is 3.83. The van der Waals surface area contributed by atoms with Crippen LogP contribution < -0.4 is 5.73 Å². The smallest absolute Gasteiger partial charge is 0.0897 e. The van der Waals surface area contributed by atoms with Crippen molar-refractivity contribution in [2.45, 2.75) is 19.4 Å². The van der Waals surface area contributed by atoms with Crippen LogP contribution in [0.5, 0.6) is 0 Å². The van der Waals surface area contributed by atoms with Crippen LogP contribution in [-0.2, 0) is 6.42 Å². The summed E-state index contributed by atoms with van der Waals surface area (Å²) in [5.74, 6) is 0. The number of hydrogen-bond donors (Lipinski definition) is 1. The number of benzene rings is 1. The topological polar surface area (TPSA) is 38.9 Å². The van der Waals surface area contributed by atoms with E-state index in [1.165, 1.54) is 0 Å². The Hall–Kier alpha value is -0.610. The second kappa shape index (κ2) is 5.36. The molecule has 1 unspecified atom stereocenters. The number of nitrogens with zero attached hydrogens (tertiary/aromatic N) is 1. The predicted octanol–water partition coefficient (Wildman–Crippen LogP) is 4.00. The van der Waals surface area contributed by atoms with Gasteiger partial charge in [-0.05, 0) is 24.6 Å².